The Labute approximate surface area is 167 Å². The van der Waals surface area contributed by atoms with Crippen LogP contribution in [0.25, 0.3) is 0 Å². The second-order valence-electron chi connectivity index (χ2n) is 4.97. The van der Waals surface area contributed by atoms with Gasteiger partial charge in [-0.1, -0.05) is 28.1 Å². The van der Waals surface area contributed by atoms with Crippen LogP contribution in [0.4, 0.5) is 0 Å². The molecule has 0 spiro atoms. The summed E-state index contributed by atoms with van der Waals surface area (Å²) >= 11 is 8.17. The highest BCUT2D eigenvalue weighted by molar-refractivity contribution is 9.10. The van der Waals surface area contributed by atoms with E-state index in [9.17, 15) is 9.90 Å². The Bertz CT molecular complexity index is 784. The number of thioether (sulfide) groups is 1. The summed E-state index contributed by atoms with van der Waals surface area (Å²) in [5.74, 6) is 1.23. The Morgan fingerprint density at radius 2 is 2.16 bits per heavy atom. The summed E-state index contributed by atoms with van der Waals surface area (Å²) in [6, 6.07) is 11.3. The standard InChI is InChI=1S/C17H16Br2N2O3S/c1-24-15-7-12(6-14(19)17(15)23)8-20-21-16(22)10-25-9-11-3-2-4-13(18)5-11/h2-8,23H,9-10H2,1H3,(H,21,22). The topological polar surface area (TPSA) is 70.9 Å². The fourth-order valence-corrected chi connectivity index (χ4v) is 3.60. The van der Waals surface area contributed by atoms with Gasteiger partial charge >= 0.3 is 0 Å². The van der Waals surface area contributed by atoms with Crippen molar-refractivity contribution in [2.45, 2.75) is 5.75 Å². The van der Waals surface area contributed by atoms with Gasteiger partial charge in [0.25, 0.3) is 0 Å². The number of carbonyl (C=O) groups excluding carboxylic acids is 1. The van der Waals surface area contributed by atoms with Crippen molar-refractivity contribution in [1.82, 2.24) is 5.43 Å². The van der Waals surface area contributed by atoms with Gasteiger partial charge in [-0.25, -0.2) is 5.43 Å². The number of methoxy groups -OCH3 is 1. The molecular formula is C17H16Br2N2O3S. The Balaban J connectivity index is 1.81. The molecule has 0 heterocycles. The molecule has 0 bridgehead atoms. The number of carbonyl (C=O) groups is 1. The third kappa shape index (κ3) is 6.37. The highest BCUT2D eigenvalue weighted by Crippen LogP contribution is 2.34. The van der Waals surface area contributed by atoms with Crippen LogP contribution >= 0.6 is 43.6 Å². The van der Waals surface area contributed by atoms with E-state index in [1.807, 2.05) is 24.3 Å². The first-order valence-corrected chi connectivity index (χ1v) is 9.94. The lowest BCUT2D eigenvalue weighted by Gasteiger charge is -2.06. The number of halogens is 2. The number of hydrazone groups is 1. The number of ether oxygens (including phenoxy) is 1. The largest absolute Gasteiger partial charge is 0.503 e. The van der Waals surface area contributed by atoms with E-state index in [0.717, 1.165) is 15.8 Å². The second kappa shape index (κ2) is 9.84. The second-order valence-corrected chi connectivity index (χ2v) is 7.73. The van der Waals surface area contributed by atoms with Crippen LogP contribution in [0, 0.1) is 0 Å². The maximum atomic E-state index is 11.8. The zero-order valence-corrected chi connectivity index (χ0v) is 17.3. The van der Waals surface area contributed by atoms with Crippen molar-refractivity contribution < 1.29 is 14.6 Å². The van der Waals surface area contributed by atoms with Crippen molar-refractivity contribution >= 4 is 55.7 Å². The van der Waals surface area contributed by atoms with E-state index in [2.05, 4.69) is 42.4 Å². The molecule has 8 heteroatoms. The number of nitrogens with zero attached hydrogens (tertiary/aromatic N) is 1. The van der Waals surface area contributed by atoms with Crippen LogP contribution in [0.15, 0.2) is 50.4 Å². The van der Waals surface area contributed by atoms with Crippen molar-refractivity contribution in [2.75, 3.05) is 12.9 Å². The van der Waals surface area contributed by atoms with E-state index in [0.29, 0.717) is 21.5 Å². The number of hydrogen-bond donors (Lipinski definition) is 2. The van der Waals surface area contributed by atoms with Crippen LogP contribution in [-0.2, 0) is 10.5 Å². The molecule has 0 aromatic heterocycles. The number of phenols is 1. The number of aromatic hydroxyl groups is 1. The zero-order valence-electron chi connectivity index (χ0n) is 13.3. The fourth-order valence-electron chi connectivity index (χ4n) is 1.92. The highest BCUT2D eigenvalue weighted by Gasteiger charge is 2.07. The quantitative estimate of drug-likeness (QED) is 0.451. The van der Waals surface area contributed by atoms with Gasteiger partial charge in [-0.3, -0.25) is 4.79 Å². The molecule has 132 valence electrons. The normalized spacial score (nSPS) is 10.8. The van der Waals surface area contributed by atoms with E-state index < -0.39 is 0 Å². The van der Waals surface area contributed by atoms with E-state index in [4.69, 9.17) is 4.74 Å². The van der Waals surface area contributed by atoms with Gasteiger partial charge in [0.05, 0.1) is 23.5 Å². The molecule has 0 saturated heterocycles. The molecule has 2 rings (SSSR count). The van der Waals surface area contributed by atoms with Crippen molar-refractivity contribution in [3.05, 3.63) is 56.5 Å². The molecule has 0 unspecified atom stereocenters. The Morgan fingerprint density at radius 1 is 1.36 bits per heavy atom. The van der Waals surface area contributed by atoms with Crippen LogP contribution in [0.3, 0.4) is 0 Å². The third-order valence-corrected chi connectivity index (χ3v) is 5.17. The molecule has 0 radical (unpaired) electrons. The summed E-state index contributed by atoms with van der Waals surface area (Å²) < 4.78 is 6.58. The minimum atomic E-state index is -0.180. The molecule has 0 saturated carbocycles. The minimum Gasteiger partial charge on any atom is -0.503 e. The van der Waals surface area contributed by atoms with Crippen LogP contribution in [0.1, 0.15) is 11.1 Å². The molecule has 2 N–H and O–H groups in total. The summed E-state index contributed by atoms with van der Waals surface area (Å²) in [6.07, 6.45) is 1.49. The maximum Gasteiger partial charge on any atom is 0.250 e. The number of amides is 1. The lowest BCUT2D eigenvalue weighted by atomic mass is 10.2. The molecule has 0 atom stereocenters. The molecule has 2 aromatic carbocycles. The lowest BCUT2D eigenvalue weighted by Crippen LogP contribution is -2.19. The van der Waals surface area contributed by atoms with Crippen LogP contribution in [0.5, 0.6) is 11.5 Å². The predicted molar refractivity (Wildman–Crippen MR) is 108 cm³/mol. The van der Waals surface area contributed by atoms with Gasteiger partial charge in [0.15, 0.2) is 11.5 Å². The first-order chi connectivity index (χ1) is 12.0. The molecule has 2 aromatic rings. The van der Waals surface area contributed by atoms with Gasteiger partial charge in [0.1, 0.15) is 0 Å². The molecule has 25 heavy (non-hydrogen) atoms. The molecule has 0 aliphatic rings. The van der Waals surface area contributed by atoms with E-state index >= 15 is 0 Å². The maximum absolute atomic E-state index is 11.8. The molecule has 0 fully saturated rings. The number of rotatable bonds is 7. The number of nitrogens with one attached hydrogen (secondary N) is 1. The molecule has 1 amide bonds. The third-order valence-electron chi connectivity index (χ3n) is 3.06. The van der Waals surface area contributed by atoms with Crippen LogP contribution in [-0.4, -0.2) is 30.1 Å². The minimum absolute atomic E-state index is 0.0210. The summed E-state index contributed by atoms with van der Waals surface area (Å²) in [6.45, 7) is 0. The molecule has 5 nitrogen and oxygen atoms in total. The van der Waals surface area contributed by atoms with E-state index in [1.165, 1.54) is 25.1 Å². The number of phenolic OH excluding ortho intramolecular Hbond substituents is 1. The van der Waals surface area contributed by atoms with Gasteiger partial charge in [-0.05, 0) is 51.3 Å². The molecular weight excluding hydrogens is 472 g/mol. The summed E-state index contributed by atoms with van der Waals surface area (Å²) in [4.78, 5) is 11.8. The van der Waals surface area contributed by atoms with Gasteiger partial charge in [-0.15, -0.1) is 11.8 Å². The first kappa shape index (κ1) is 19.8. The Kier molecular flexibility index (Phi) is 7.80. The van der Waals surface area contributed by atoms with Crippen LogP contribution < -0.4 is 10.2 Å². The van der Waals surface area contributed by atoms with E-state index in [-0.39, 0.29) is 11.7 Å². The van der Waals surface area contributed by atoms with Gasteiger partial charge in [-0.2, -0.15) is 5.10 Å². The van der Waals surface area contributed by atoms with Gasteiger partial charge < -0.3 is 9.84 Å². The smallest absolute Gasteiger partial charge is 0.250 e. The average molecular weight is 488 g/mol. The Hall–Kier alpha value is -1.51. The van der Waals surface area contributed by atoms with Crippen LogP contribution in [0.2, 0.25) is 0 Å². The van der Waals surface area contributed by atoms with E-state index in [1.54, 1.807) is 12.1 Å². The number of benzene rings is 2. The Morgan fingerprint density at radius 3 is 2.88 bits per heavy atom. The predicted octanol–water partition coefficient (Wildman–Crippen LogP) is 4.31. The first-order valence-electron chi connectivity index (χ1n) is 7.20. The van der Waals surface area contributed by atoms with Gasteiger partial charge in [0, 0.05) is 10.2 Å². The van der Waals surface area contributed by atoms with Crippen molar-refractivity contribution in [3.63, 3.8) is 0 Å². The lowest BCUT2D eigenvalue weighted by molar-refractivity contribution is -0.118. The van der Waals surface area contributed by atoms with Gasteiger partial charge in [0.2, 0.25) is 5.91 Å². The molecule has 0 aliphatic carbocycles. The average Bonchev–Trinajstić information content (AvgIpc) is 2.58. The molecule has 0 aliphatic heterocycles. The summed E-state index contributed by atoms with van der Waals surface area (Å²) in [5.41, 5.74) is 4.32. The number of hydrogen-bond acceptors (Lipinski definition) is 5. The summed E-state index contributed by atoms with van der Waals surface area (Å²) in [5, 5.41) is 13.7. The van der Waals surface area contributed by atoms with Crippen molar-refractivity contribution in [2.24, 2.45) is 5.10 Å². The van der Waals surface area contributed by atoms with Crippen molar-refractivity contribution in [1.29, 1.82) is 0 Å². The fraction of sp³-hybridized carbons (Fsp3) is 0.176. The highest BCUT2D eigenvalue weighted by atomic mass is 79.9. The SMILES string of the molecule is COc1cc(C=NNC(=O)CSCc2cccc(Br)c2)cc(Br)c1O. The van der Waals surface area contributed by atoms with Crippen molar-refractivity contribution in [3.8, 4) is 11.5 Å². The summed E-state index contributed by atoms with van der Waals surface area (Å²) in [7, 11) is 1.46. The monoisotopic (exact) mass is 486 g/mol. The zero-order chi connectivity index (χ0) is 18.2.